The topological polar surface area (TPSA) is 0 Å². The fourth-order valence-electron chi connectivity index (χ4n) is 0.701. The number of halogens is 1. The Hall–Kier alpha value is -0.230. The molecule has 0 spiro atoms. The molecule has 1 rings (SSSR count). The standard InChI is InChI=1S/C7H9Cl/c1-6-2-4-7(8)5-3-6/h2-4,7H,5H2,1H3. The monoisotopic (exact) mass is 128 g/mol. The van der Waals surface area contributed by atoms with Crippen LogP contribution in [0.1, 0.15) is 13.3 Å². The van der Waals surface area contributed by atoms with Crippen molar-refractivity contribution in [2.75, 3.05) is 0 Å². The highest BCUT2D eigenvalue weighted by Crippen LogP contribution is 2.13. The minimum absolute atomic E-state index is 0.235. The molecule has 0 radical (unpaired) electrons. The van der Waals surface area contributed by atoms with Gasteiger partial charge in [0.15, 0.2) is 0 Å². The molecule has 0 aliphatic heterocycles. The van der Waals surface area contributed by atoms with Gasteiger partial charge >= 0.3 is 0 Å². The summed E-state index contributed by atoms with van der Waals surface area (Å²) >= 11 is 5.75. The van der Waals surface area contributed by atoms with Crippen molar-refractivity contribution in [3.05, 3.63) is 23.8 Å². The maximum Gasteiger partial charge on any atom is 0.0553 e. The number of hydrogen-bond acceptors (Lipinski definition) is 0. The zero-order valence-corrected chi connectivity index (χ0v) is 5.65. The molecule has 0 saturated carbocycles. The lowest BCUT2D eigenvalue weighted by atomic mass is 10.1. The Balaban J connectivity index is 2.58. The summed E-state index contributed by atoms with van der Waals surface area (Å²) in [6, 6.07) is 0. The van der Waals surface area contributed by atoms with Gasteiger partial charge in [0.1, 0.15) is 0 Å². The van der Waals surface area contributed by atoms with Crippen LogP contribution in [0.25, 0.3) is 0 Å². The van der Waals surface area contributed by atoms with Gasteiger partial charge in [0, 0.05) is 0 Å². The Morgan fingerprint density at radius 2 is 2.50 bits per heavy atom. The summed E-state index contributed by atoms with van der Waals surface area (Å²) in [7, 11) is 0. The molecule has 0 aromatic carbocycles. The fraction of sp³-hybridized carbons (Fsp3) is 0.429. The van der Waals surface area contributed by atoms with Crippen molar-refractivity contribution in [1.29, 1.82) is 0 Å². The van der Waals surface area contributed by atoms with Gasteiger partial charge in [0.2, 0.25) is 0 Å². The molecule has 0 bridgehead atoms. The molecule has 44 valence electrons. The van der Waals surface area contributed by atoms with E-state index < -0.39 is 0 Å². The maximum atomic E-state index is 5.75. The van der Waals surface area contributed by atoms with Crippen molar-refractivity contribution in [3.63, 3.8) is 0 Å². The van der Waals surface area contributed by atoms with Crippen LogP contribution in [0.15, 0.2) is 23.8 Å². The van der Waals surface area contributed by atoms with Crippen LogP contribution in [-0.2, 0) is 0 Å². The van der Waals surface area contributed by atoms with E-state index in [1.54, 1.807) is 0 Å². The van der Waals surface area contributed by atoms with Gasteiger partial charge in [-0.25, -0.2) is 0 Å². The van der Waals surface area contributed by atoms with Crippen LogP contribution in [0.4, 0.5) is 0 Å². The second kappa shape index (κ2) is 2.36. The third-order valence-electron chi connectivity index (χ3n) is 1.23. The molecule has 1 aliphatic carbocycles. The molecular formula is C7H9Cl. The highest BCUT2D eigenvalue weighted by molar-refractivity contribution is 6.22. The minimum Gasteiger partial charge on any atom is -0.118 e. The van der Waals surface area contributed by atoms with E-state index in [1.807, 2.05) is 6.08 Å². The number of allylic oxidation sites excluding steroid dienone is 4. The van der Waals surface area contributed by atoms with Gasteiger partial charge in [0.05, 0.1) is 5.38 Å². The van der Waals surface area contributed by atoms with Crippen LogP contribution in [0.3, 0.4) is 0 Å². The Morgan fingerprint density at radius 1 is 1.75 bits per heavy atom. The largest absolute Gasteiger partial charge is 0.118 e. The van der Waals surface area contributed by atoms with Crippen LogP contribution in [0.5, 0.6) is 0 Å². The summed E-state index contributed by atoms with van der Waals surface area (Å²) in [5.41, 5.74) is 1.32. The third-order valence-corrected chi connectivity index (χ3v) is 1.56. The zero-order chi connectivity index (χ0) is 5.98. The smallest absolute Gasteiger partial charge is 0.0553 e. The van der Waals surface area contributed by atoms with Crippen LogP contribution < -0.4 is 0 Å². The molecule has 0 aromatic rings. The summed E-state index contributed by atoms with van der Waals surface area (Å²) in [5, 5.41) is 0.235. The second-order valence-corrected chi connectivity index (χ2v) is 2.62. The quantitative estimate of drug-likeness (QED) is 0.440. The van der Waals surface area contributed by atoms with Crippen LogP contribution in [0, 0.1) is 0 Å². The van der Waals surface area contributed by atoms with E-state index in [9.17, 15) is 0 Å². The first-order chi connectivity index (χ1) is 3.79. The molecule has 0 saturated heterocycles. The van der Waals surface area contributed by atoms with Gasteiger partial charge in [-0.2, -0.15) is 0 Å². The van der Waals surface area contributed by atoms with Gasteiger partial charge in [-0.05, 0) is 13.3 Å². The summed E-state index contributed by atoms with van der Waals surface area (Å²) in [6.07, 6.45) is 7.22. The van der Waals surface area contributed by atoms with Crippen LogP contribution >= 0.6 is 11.6 Å². The second-order valence-electron chi connectivity index (χ2n) is 2.06. The molecule has 0 amide bonds. The zero-order valence-electron chi connectivity index (χ0n) is 4.89. The maximum absolute atomic E-state index is 5.75. The Bertz CT molecular complexity index is 133. The van der Waals surface area contributed by atoms with Gasteiger partial charge in [-0.1, -0.05) is 23.8 Å². The van der Waals surface area contributed by atoms with Crippen molar-refractivity contribution in [2.45, 2.75) is 18.7 Å². The Labute approximate surface area is 54.8 Å². The minimum atomic E-state index is 0.235. The van der Waals surface area contributed by atoms with E-state index in [-0.39, 0.29) is 5.38 Å². The number of rotatable bonds is 0. The van der Waals surface area contributed by atoms with Crippen molar-refractivity contribution in [1.82, 2.24) is 0 Å². The predicted molar refractivity (Wildman–Crippen MR) is 37.2 cm³/mol. The van der Waals surface area contributed by atoms with Gasteiger partial charge in [0.25, 0.3) is 0 Å². The highest BCUT2D eigenvalue weighted by atomic mass is 35.5. The summed E-state index contributed by atoms with van der Waals surface area (Å²) in [4.78, 5) is 0. The average molecular weight is 129 g/mol. The molecular weight excluding hydrogens is 120 g/mol. The first-order valence-electron chi connectivity index (χ1n) is 2.78. The van der Waals surface area contributed by atoms with E-state index in [0.29, 0.717) is 0 Å². The molecule has 0 fully saturated rings. The first kappa shape index (κ1) is 5.90. The average Bonchev–Trinajstić information content (AvgIpc) is 1.77. The normalized spacial score (nSPS) is 27.8. The molecule has 0 heterocycles. The molecule has 8 heavy (non-hydrogen) atoms. The lowest BCUT2D eigenvalue weighted by Crippen LogP contribution is -1.94. The molecule has 1 aliphatic rings. The van der Waals surface area contributed by atoms with E-state index >= 15 is 0 Å². The molecule has 0 N–H and O–H groups in total. The van der Waals surface area contributed by atoms with E-state index in [1.165, 1.54) is 5.57 Å². The molecule has 0 nitrogen and oxygen atoms in total. The van der Waals surface area contributed by atoms with Crippen molar-refractivity contribution in [3.8, 4) is 0 Å². The fourth-order valence-corrected chi connectivity index (χ4v) is 0.863. The Kier molecular flexibility index (Phi) is 1.74. The van der Waals surface area contributed by atoms with Crippen LogP contribution in [-0.4, -0.2) is 5.38 Å². The van der Waals surface area contributed by atoms with E-state index in [0.717, 1.165) is 6.42 Å². The number of hydrogen-bond donors (Lipinski definition) is 0. The predicted octanol–water partition coefficient (Wildman–Crippen LogP) is 2.50. The molecule has 1 heteroatoms. The molecule has 1 unspecified atom stereocenters. The van der Waals surface area contributed by atoms with E-state index in [2.05, 4.69) is 19.1 Å². The van der Waals surface area contributed by atoms with Crippen LogP contribution in [0.2, 0.25) is 0 Å². The van der Waals surface area contributed by atoms with Gasteiger partial charge < -0.3 is 0 Å². The summed E-state index contributed by atoms with van der Waals surface area (Å²) in [5.74, 6) is 0. The van der Waals surface area contributed by atoms with E-state index in [4.69, 9.17) is 11.6 Å². The SMILES string of the molecule is CC1=CCC(Cl)C=C1. The summed E-state index contributed by atoms with van der Waals surface area (Å²) in [6.45, 7) is 2.08. The molecule has 0 aromatic heterocycles. The summed E-state index contributed by atoms with van der Waals surface area (Å²) < 4.78 is 0. The lowest BCUT2D eigenvalue weighted by molar-refractivity contribution is 1.02. The highest BCUT2D eigenvalue weighted by Gasteiger charge is 1.99. The van der Waals surface area contributed by atoms with Crippen molar-refractivity contribution < 1.29 is 0 Å². The number of alkyl halides is 1. The first-order valence-corrected chi connectivity index (χ1v) is 3.22. The van der Waals surface area contributed by atoms with Crippen molar-refractivity contribution in [2.24, 2.45) is 0 Å². The van der Waals surface area contributed by atoms with Gasteiger partial charge in [-0.15, -0.1) is 11.6 Å². The van der Waals surface area contributed by atoms with Crippen molar-refractivity contribution >= 4 is 11.6 Å². The third kappa shape index (κ3) is 1.38. The lowest BCUT2D eigenvalue weighted by Gasteiger charge is -2.04. The molecule has 1 atom stereocenters. The Morgan fingerprint density at radius 3 is 2.88 bits per heavy atom. The van der Waals surface area contributed by atoms with Gasteiger partial charge in [-0.3, -0.25) is 0 Å².